The summed E-state index contributed by atoms with van der Waals surface area (Å²) in [6, 6.07) is 25.2. The maximum absolute atomic E-state index is 4.69. The fourth-order valence-corrected chi connectivity index (χ4v) is 3.69. The molecule has 0 saturated carbocycles. The van der Waals surface area contributed by atoms with Crippen LogP contribution in [-0.2, 0) is 0 Å². The van der Waals surface area contributed by atoms with Crippen LogP contribution in [0.3, 0.4) is 0 Å². The van der Waals surface area contributed by atoms with Crippen LogP contribution in [0.1, 0.15) is 18.4 Å². The van der Waals surface area contributed by atoms with Crippen molar-refractivity contribution in [1.82, 2.24) is 0 Å². The first-order chi connectivity index (χ1) is 13.8. The second-order valence-electron chi connectivity index (χ2n) is 6.83. The Morgan fingerprint density at radius 3 is 2.39 bits per heavy atom. The van der Waals surface area contributed by atoms with Gasteiger partial charge in [0, 0.05) is 23.7 Å². The molecule has 3 aromatic carbocycles. The molecule has 0 N–H and O–H groups in total. The lowest BCUT2D eigenvalue weighted by atomic mass is 10.0. The average molecular weight is 364 g/mol. The van der Waals surface area contributed by atoms with Crippen LogP contribution in [0.4, 0.5) is 5.69 Å². The maximum Gasteiger partial charge on any atom is 0.139 e. The summed E-state index contributed by atoms with van der Waals surface area (Å²) in [4.78, 5) is 6.88. The zero-order valence-corrected chi connectivity index (χ0v) is 16.2. The van der Waals surface area contributed by atoms with Gasteiger partial charge in [0.1, 0.15) is 5.84 Å². The summed E-state index contributed by atoms with van der Waals surface area (Å²) in [5, 5.41) is 2.39. The van der Waals surface area contributed by atoms with E-state index in [1.54, 1.807) is 0 Å². The minimum absolute atomic E-state index is 0.891. The van der Waals surface area contributed by atoms with E-state index in [2.05, 4.69) is 89.3 Å². The van der Waals surface area contributed by atoms with Crippen molar-refractivity contribution >= 4 is 22.3 Å². The van der Waals surface area contributed by atoms with E-state index >= 15 is 0 Å². The Labute approximate surface area is 166 Å². The first-order valence-corrected chi connectivity index (χ1v) is 9.65. The third-order valence-electron chi connectivity index (χ3n) is 5.06. The first kappa shape index (κ1) is 18.0. The predicted octanol–water partition coefficient (Wildman–Crippen LogP) is 6.51. The summed E-state index contributed by atoms with van der Waals surface area (Å²) < 4.78 is 0. The van der Waals surface area contributed by atoms with Crippen molar-refractivity contribution in [3.05, 3.63) is 114 Å². The van der Waals surface area contributed by atoms with Gasteiger partial charge in [0.05, 0.1) is 5.69 Å². The van der Waals surface area contributed by atoms with Crippen LogP contribution in [0.2, 0.25) is 0 Å². The average Bonchev–Trinajstić information content (AvgIpc) is 2.78. The van der Waals surface area contributed by atoms with Gasteiger partial charge in [-0.3, -0.25) is 9.89 Å². The van der Waals surface area contributed by atoms with E-state index in [-0.39, 0.29) is 0 Å². The number of allylic oxidation sites excluding steroid dienone is 3. The summed E-state index contributed by atoms with van der Waals surface area (Å²) in [5.74, 6) is 0.891. The molecule has 1 aliphatic carbocycles. The second kappa shape index (κ2) is 8.10. The number of hydrogen-bond donors (Lipinski definition) is 0. The zero-order chi connectivity index (χ0) is 19.3. The molecule has 0 bridgehead atoms. The number of rotatable bonds is 4. The van der Waals surface area contributed by atoms with Crippen molar-refractivity contribution in [1.29, 1.82) is 0 Å². The zero-order valence-electron chi connectivity index (χ0n) is 16.2. The number of anilines is 1. The van der Waals surface area contributed by atoms with Gasteiger partial charge in [-0.15, -0.1) is 0 Å². The van der Waals surface area contributed by atoms with E-state index in [0.29, 0.717) is 0 Å². The molecule has 0 saturated heterocycles. The molecule has 1 aliphatic rings. The molecule has 3 aromatic rings. The number of aliphatic imine (C=N–C) groups is 1. The van der Waals surface area contributed by atoms with E-state index < -0.39 is 0 Å². The Kier molecular flexibility index (Phi) is 5.20. The van der Waals surface area contributed by atoms with E-state index in [0.717, 1.165) is 41.2 Å². The molecule has 28 heavy (non-hydrogen) atoms. The summed E-state index contributed by atoms with van der Waals surface area (Å²) in [6.07, 6.45) is 8.77. The van der Waals surface area contributed by atoms with Crippen LogP contribution in [-0.4, -0.2) is 12.9 Å². The minimum atomic E-state index is 0.891. The van der Waals surface area contributed by atoms with Crippen LogP contribution in [0, 0.1) is 0 Å². The van der Waals surface area contributed by atoms with E-state index in [4.69, 9.17) is 0 Å². The van der Waals surface area contributed by atoms with Crippen molar-refractivity contribution in [3.8, 4) is 0 Å². The lowest BCUT2D eigenvalue weighted by molar-refractivity contribution is 1.01. The van der Waals surface area contributed by atoms with Crippen LogP contribution in [0.15, 0.2) is 114 Å². The molecule has 0 fully saturated rings. The molecular weight excluding hydrogens is 340 g/mol. The van der Waals surface area contributed by atoms with Crippen molar-refractivity contribution < 1.29 is 0 Å². The third-order valence-corrected chi connectivity index (χ3v) is 5.06. The van der Waals surface area contributed by atoms with E-state index in [9.17, 15) is 0 Å². The van der Waals surface area contributed by atoms with Crippen molar-refractivity contribution in [2.75, 3.05) is 11.9 Å². The fourth-order valence-electron chi connectivity index (χ4n) is 3.69. The Balaban J connectivity index is 1.92. The molecule has 4 rings (SSSR count). The molecule has 0 atom stereocenters. The smallest absolute Gasteiger partial charge is 0.139 e. The minimum Gasteiger partial charge on any atom is -0.294 e. The van der Waals surface area contributed by atoms with Crippen molar-refractivity contribution in [2.24, 2.45) is 4.99 Å². The van der Waals surface area contributed by atoms with Gasteiger partial charge in [-0.05, 0) is 29.9 Å². The lowest BCUT2D eigenvalue weighted by Gasteiger charge is -2.30. The number of amidine groups is 1. The van der Waals surface area contributed by atoms with Gasteiger partial charge in [-0.25, -0.2) is 0 Å². The molecule has 0 aromatic heterocycles. The molecule has 0 aliphatic heterocycles. The van der Waals surface area contributed by atoms with Crippen LogP contribution < -0.4 is 4.90 Å². The quantitative estimate of drug-likeness (QED) is 0.380. The van der Waals surface area contributed by atoms with Gasteiger partial charge in [0.15, 0.2) is 0 Å². The van der Waals surface area contributed by atoms with Crippen LogP contribution >= 0.6 is 0 Å². The third kappa shape index (κ3) is 3.41. The van der Waals surface area contributed by atoms with Crippen molar-refractivity contribution in [3.63, 3.8) is 0 Å². The van der Waals surface area contributed by atoms with Gasteiger partial charge in [0.2, 0.25) is 0 Å². The van der Waals surface area contributed by atoms with Gasteiger partial charge in [-0.2, -0.15) is 0 Å². The lowest BCUT2D eigenvalue weighted by Crippen LogP contribution is -2.31. The SMILES string of the molecule is C=C(C1=CCCC=C1)N(/C(=N\C)c1ccccc1)c1cccc2ccccc12. The Bertz CT molecular complexity index is 1080. The van der Waals surface area contributed by atoms with Crippen LogP contribution in [0.25, 0.3) is 10.8 Å². The van der Waals surface area contributed by atoms with Crippen molar-refractivity contribution in [2.45, 2.75) is 12.8 Å². The summed E-state index contributed by atoms with van der Waals surface area (Å²) in [5.41, 5.74) is 4.25. The topological polar surface area (TPSA) is 15.6 Å². The number of hydrogen-bond acceptors (Lipinski definition) is 1. The monoisotopic (exact) mass is 364 g/mol. The standard InChI is InChI=1S/C26H24N2/c1-20(21-12-5-3-6-13-21)28(26(27-2)23-15-7-4-8-16-23)25-19-11-17-22-14-9-10-18-24(22)25/h4-5,7-19H,1,3,6H2,2H3/b27-26-. The number of fused-ring (bicyclic) bond motifs is 1. The molecule has 2 heteroatoms. The van der Waals surface area contributed by atoms with Crippen LogP contribution in [0.5, 0.6) is 0 Å². The summed E-state index contributed by atoms with van der Waals surface area (Å²) >= 11 is 0. The molecule has 0 heterocycles. The molecular formula is C26H24N2. The predicted molar refractivity (Wildman–Crippen MR) is 121 cm³/mol. The normalized spacial score (nSPS) is 14.0. The highest BCUT2D eigenvalue weighted by molar-refractivity contribution is 6.16. The second-order valence-corrected chi connectivity index (χ2v) is 6.83. The fraction of sp³-hybridized carbons (Fsp3) is 0.115. The highest BCUT2D eigenvalue weighted by Gasteiger charge is 2.22. The number of nitrogens with zero attached hydrogens (tertiary/aromatic N) is 2. The van der Waals surface area contributed by atoms with Gasteiger partial charge in [-0.1, -0.05) is 91.5 Å². The summed E-state index contributed by atoms with van der Waals surface area (Å²) in [6.45, 7) is 4.48. The molecule has 2 nitrogen and oxygen atoms in total. The summed E-state index contributed by atoms with van der Waals surface area (Å²) in [7, 11) is 1.85. The van der Waals surface area contributed by atoms with Gasteiger partial charge < -0.3 is 0 Å². The highest BCUT2D eigenvalue weighted by atomic mass is 15.2. The van der Waals surface area contributed by atoms with E-state index in [1.165, 1.54) is 10.8 Å². The Hall–Kier alpha value is -3.39. The van der Waals surface area contributed by atoms with Gasteiger partial charge >= 0.3 is 0 Å². The molecule has 0 radical (unpaired) electrons. The molecule has 0 spiro atoms. The molecule has 138 valence electrons. The maximum atomic E-state index is 4.69. The van der Waals surface area contributed by atoms with Gasteiger partial charge in [0.25, 0.3) is 0 Å². The Morgan fingerprint density at radius 1 is 0.893 bits per heavy atom. The largest absolute Gasteiger partial charge is 0.294 e. The molecule has 0 amide bonds. The highest BCUT2D eigenvalue weighted by Crippen LogP contribution is 2.33. The number of benzene rings is 3. The first-order valence-electron chi connectivity index (χ1n) is 9.65. The molecule has 0 unspecified atom stereocenters. The Morgan fingerprint density at radius 2 is 1.64 bits per heavy atom. The van der Waals surface area contributed by atoms with E-state index in [1.807, 2.05) is 25.2 Å².